The highest BCUT2D eigenvalue weighted by atomic mass is 19.1. The largest absolute Gasteiger partial charge is 0.385 e. The van der Waals surface area contributed by atoms with Crippen molar-refractivity contribution in [1.29, 1.82) is 0 Å². The minimum absolute atomic E-state index is 0.0376. The third-order valence-electron chi connectivity index (χ3n) is 3.88. The van der Waals surface area contributed by atoms with Gasteiger partial charge in [-0.25, -0.2) is 4.39 Å². The van der Waals surface area contributed by atoms with E-state index in [0.717, 1.165) is 32.4 Å². The number of rotatable bonds is 6. The summed E-state index contributed by atoms with van der Waals surface area (Å²) in [4.78, 5) is 14.0. The van der Waals surface area contributed by atoms with Crippen LogP contribution in [0.4, 0.5) is 10.1 Å². The number of nitrogens with one attached hydrogen (secondary N) is 1. The molecule has 0 radical (unpaired) electrons. The Morgan fingerprint density at radius 1 is 1.38 bits per heavy atom. The van der Waals surface area contributed by atoms with E-state index in [1.54, 1.807) is 19.2 Å². The number of nitrogens with zero attached hydrogens (tertiary/aromatic N) is 1. The molecule has 1 aliphatic rings. The number of carbonyl (C=O) groups is 1. The Kier molecular flexibility index (Phi) is 5.99. The smallest absolute Gasteiger partial charge is 0.223 e. The van der Waals surface area contributed by atoms with Crippen molar-refractivity contribution in [2.45, 2.75) is 19.3 Å². The normalized spacial score (nSPS) is 16.0. The van der Waals surface area contributed by atoms with Crippen molar-refractivity contribution in [3.8, 4) is 0 Å². The Balaban J connectivity index is 1.78. The number of hydrogen-bond acceptors (Lipinski definition) is 3. The fourth-order valence-electron chi connectivity index (χ4n) is 2.66. The lowest BCUT2D eigenvalue weighted by atomic mass is 9.95. The number of amides is 1. The zero-order chi connectivity index (χ0) is 15.1. The number of ether oxygens (including phenoxy) is 1. The molecule has 21 heavy (non-hydrogen) atoms. The summed E-state index contributed by atoms with van der Waals surface area (Å²) in [5, 5.41) is 2.94. The van der Waals surface area contributed by atoms with Crippen LogP contribution in [0.1, 0.15) is 19.3 Å². The molecule has 1 aliphatic heterocycles. The summed E-state index contributed by atoms with van der Waals surface area (Å²) >= 11 is 0. The van der Waals surface area contributed by atoms with Gasteiger partial charge in [-0.3, -0.25) is 4.79 Å². The van der Waals surface area contributed by atoms with E-state index in [1.165, 1.54) is 6.07 Å². The second kappa shape index (κ2) is 7.98. The summed E-state index contributed by atoms with van der Waals surface area (Å²) in [6.45, 7) is 2.75. The van der Waals surface area contributed by atoms with Crippen molar-refractivity contribution in [3.63, 3.8) is 0 Å². The van der Waals surface area contributed by atoms with Crippen LogP contribution in [-0.2, 0) is 9.53 Å². The molecular formula is C16H23FN2O2. The van der Waals surface area contributed by atoms with Crippen LogP contribution in [0.2, 0.25) is 0 Å². The number of methoxy groups -OCH3 is 1. The molecule has 0 aromatic heterocycles. The molecule has 1 aromatic rings. The molecule has 5 heteroatoms. The van der Waals surface area contributed by atoms with Crippen molar-refractivity contribution in [2.75, 3.05) is 38.3 Å². The second-order valence-electron chi connectivity index (χ2n) is 5.35. The van der Waals surface area contributed by atoms with Gasteiger partial charge in [-0.05, 0) is 31.4 Å². The monoisotopic (exact) mass is 294 g/mol. The number of carbonyl (C=O) groups excluding carboxylic acids is 1. The molecule has 2 rings (SSSR count). The Hall–Kier alpha value is -1.62. The number of piperidine rings is 1. The van der Waals surface area contributed by atoms with Gasteiger partial charge in [-0.15, -0.1) is 0 Å². The van der Waals surface area contributed by atoms with Gasteiger partial charge in [0.15, 0.2) is 0 Å². The quantitative estimate of drug-likeness (QED) is 0.818. The molecule has 1 amide bonds. The van der Waals surface area contributed by atoms with Crippen LogP contribution in [0.5, 0.6) is 0 Å². The van der Waals surface area contributed by atoms with Gasteiger partial charge in [-0.1, -0.05) is 12.1 Å². The minimum Gasteiger partial charge on any atom is -0.385 e. The fraction of sp³-hybridized carbons (Fsp3) is 0.562. The molecule has 4 nitrogen and oxygen atoms in total. The lowest BCUT2D eigenvalue weighted by Crippen LogP contribution is -2.41. The predicted octanol–water partition coefficient (Wildman–Crippen LogP) is 2.19. The van der Waals surface area contributed by atoms with E-state index in [0.29, 0.717) is 18.8 Å². The maximum atomic E-state index is 13.7. The molecule has 0 atom stereocenters. The van der Waals surface area contributed by atoms with Gasteiger partial charge in [0.2, 0.25) is 5.91 Å². The first kappa shape index (κ1) is 15.8. The molecule has 1 saturated heterocycles. The zero-order valence-electron chi connectivity index (χ0n) is 12.5. The Bertz CT molecular complexity index is 459. The molecule has 0 unspecified atom stereocenters. The Labute approximate surface area is 125 Å². The number of halogens is 1. The summed E-state index contributed by atoms with van der Waals surface area (Å²) in [6, 6.07) is 6.80. The van der Waals surface area contributed by atoms with Gasteiger partial charge in [-0.2, -0.15) is 0 Å². The molecule has 116 valence electrons. The molecular weight excluding hydrogens is 271 g/mol. The Morgan fingerprint density at radius 2 is 2.10 bits per heavy atom. The molecule has 0 bridgehead atoms. The highest BCUT2D eigenvalue weighted by Gasteiger charge is 2.25. The van der Waals surface area contributed by atoms with E-state index in [1.807, 2.05) is 11.0 Å². The SMILES string of the molecule is COCCCNC(=O)C1CCN(c2ccccc2F)CC1. The van der Waals surface area contributed by atoms with Crippen molar-refractivity contribution in [2.24, 2.45) is 5.92 Å². The van der Waals surface area contributed by atoms with Crippen LogP contribution in [0.3, 0.4) is 0 Å². The van der Waals surface area contributed by atoms with Crippen molar-refractivity contribution in [3.05, 3.63) is 30.1 Å². The third kappa shape index (κ3) is 4.43. The topological polar surface area (TPSA) is 41.6 Å². The van der Waals surface area contributed by atoms with Gasteiger partial charge >= 0.3 is 0 Å². The average Bonchev–Trinajstić information content (AvgIpc) is 2.52. The zero-order valence-corrected chi connectivity index (χ0v) is 12.5. The maximum absolute atomic E-state index is 13.7. The van der Waals surface area contributed by atoms with Gasteiger partial charge in [0.1, 0.15) is 5.82 Å². The predicted molar refractivity (Wildman–Crippen MR) is 80.8 cm³/mol. The summed E-state index contributed by atoms with van der Waals surface area (Å²) in [6.07, 6.45) is 2.37. The summed E-state index contributed by atoms with van der Waals surface area (Å²) in [5.74, 6) is -0.0465. The van der Waals surface area contributed by atoms with E-state index in [9.17, 15) is 9.18 Å². The van der Waals surface area contributed by atoms with Gasteiger partial charge in [0, 0.05) is 39.3 Å². The first-order chi connectivity index (χ1) is 10.2. The van der Waals surface area contributed by atoms with E-state index < -0.39 is 0 Å². The van der Waals surface area contributed by atoms with Crippen molar-refractivity contribution >= 4 is 11.6 Å². The van der Waals surface area contributed by atoms with Crippen LogP contribution in [0, 0.1) is 11.7 Å². The lowest BCUT2D eigenvalue weighted by molar-refractivity contribution is -0.125. The molecule has 0 saturated carbocycles. The molecule has 0 spiro atoms. The minimum atomic E-state index is -0.194. The van der Waals surface area contributed by atoms with E-state index in [-0.39, 0.29) is 17.6 Å². The lowest BCUT2D eigenvalue weighted by Gasteiger charge is -2.33. The van der Waals surface area contributed by atoms with Gasteiger partial charge in [0.05, 0.1) is 5.69 Å². The average molecular weight is 294 g/mol. The van der Waals surface area contributed by atoms with Gasteiger partial charge < -0.3 is 15.0 Å². The van der Waals surface area contributed by atoms with Crippen molar-refractivity contribution in [1.82, 2.24) is 5.32 Å². The number of benzene rings is 1. The van der Waals surface area contributed by atoms with Crippen LogP contribution in [0.25, 0.3) is 0 Å². The summed E-state index contributed by atoms with van der Waals surface area (Å²) in [7, 11) is 1.65. The molecule has 1 aromatic carbocycles. The molecule has 0 aliphatic carbocycles. The molecule has 1 N–H and O–H groups in total. The number of para-hydroxylation sites is 1. The number of hydrogen-bond donors (Lipinski definition) is 1. The fourth-order valence-corrected chi connectivity index (χ4v) is 2.66. The van der Waals surface area contributed by atoms with E-state index in [2.05, 4.69) is 5.32 Å². The van der Waals surface area contributed by atoms with Gasteiger partial charge in [0.25, 0.3) is 0 Å². The van der Waals surface area contributed by atoms with Crippen molar-refractivity contribution < 1.29 is 13.9 Å². The maximum Gasteiger partial charge on any atom is 0.223 e. The highest BCUT2D eigenvalue weighted by molar-refractivity contribution is 5.79. The van der Waals surface area contributed by atoms with E-state index >= 15 is 0 Å². The summed E-state index contributed by atoms with van der Waals surface area (Å²) < 4.78 is 18.7. The number of anilines is 1. The van der Waals surface area contributed by atoms with Crippen LogP contribution >= 0.6 is 0 Å². The first-order valence-corrected chi connectivity index (χ1v) is 7.48. The van der Waals surface area contributed by atoms with Crippen LogP contribution in [0.15, 0.2) is 24.3 Å². The van der Waals surface area contributed by atoms with E-state index in [4.69, 9.17) is 4.74 Å². The van der Waals surface area contributed by atoms with Crippen LogP contribution < -0.4 is 10.2 Å². The third-order valence-corrected chi connectivity index (χ3v) is 3.88. The molecule has 1 fully saturated rings. The Morgan fingerprint density at radius 3 is 2.76 bits per heavy atom. The van der Waals surface area contributed by atoms with Crippen LogP contribution in [-0.4, -0.2) is 39.3 Å². The first-order valence-electron chi connectivity index (χ1n) is 7.48. The standard InChI is InChI=1S/C16H23FN2O2/c1-21-12-4-9-18-16(20)13-7-10-19(11-8-13)15-6-3-2-5-14(15)17/h2-3,5-6,13H,4,7-12H2,1H3,(H,18,20). The molecule has 1 heterocycles. The summed E-state index contributed by atoms with van der Waals surface area (Å²) in [5.41, 5.74) is 0.636. The second-order valence-corrected chi connectivity index (χ2v) is 5.35. The highest BCUT2D eigenvalue weighted by Crippen LogP contribution is 2.25.